The van der Waals surface area contributed by atoms with E-state index in [0.717, 1.165) is 56.6 Å². The summed E-state index contributed by atoms with van der Waals surface area (Å²) in [5.74, 6) is 2.55. The van der Waals surface area contributed by atoms with Crippen molar-refractivity contribution < 1.29 is 9.47 Å². The first-order valence-electron chi connectivity index (χ1n) is 10.5. The van der Waals surface area contributed by atoms with E-state index >= 15 is 0 Å². The van der Waals surface area contributed by atoms with Crippen LogP contribution in [0.5, 0.6) is 11.5 Å². The molecule has 1 aliphatic carbocycles. The fraction of sp³-hybridized carbons (Fsp3) is 0.682. The summed E-state index contributed by atoms with van der Waals surface area (Å²) in [6, 6.07) is 4.25. The van der Waals surface area contributed by atoms with Crippen molar-refractivity contribution in [2.75, 3.05) is 47.4 Å². The van der Waals surface area contributed by atoms with Crippen LogP contribution in [-0.2, 0) is 13.0 Å². The molecule has 1 saturated carbocycles. The summed E-state index contributed by atoms with van der Waals surface area (Å²) in [6.45, 7) is 7.23. The minimum Gasteiger partial charge on any atom is -0.493 e. The predicted octanol–water partition coefficient (Wildman–Crippen LogP) is 2.81. The maximum absolute atomic E-state index is 5.46. The molecule has 3 rings (SSSR count). The Morgan fingerprint density at radius 1 is 1.14 bits per heavy atom. The molecular formula is C22H36N4O2. The molecule has 6 nitrogen and oxygen atoms in total. The Morgan fingerprint density at radius 2 is 1.86 bits per heavy atom. The molecule has 1 aliphatic heterocycles. The molecular weight excluding hydrogens is 352 g/mol. The molecule has 0 radical (unpaired) electrons. The zero-order chi connectivity index (χ0) is 20.0. The van der Waals surface area contributed by atoms with Gasteiger partial charge in [0.1, 0.15) is 0 Å². The monoisotopic (exact) mass is 388 g/mol. The highest BCUT2D eigenvalue weighted by Crippen LogP contribution is 2.43. The van der Waals surface area contributed by atoms with E-state index in [1.165, 1.54) is 36.8 Å². The van der Waals surface area contributed by atoms with Crippen molar-refractivity contribution in [2.24, 2.45) is 10.4 Å². The van der Waals surface area contributed by atoms with Gasteiger partial charge in [-0.3, -0.25) is 9.89 Å². The number of rotatable bonds is 8. The summed E-state index contributed by atoms with van der Waals surface area (Å²) in [7, 11) is 5.24. The average molecular weight is 389 g/mol. The fourth-order valence-corrected chi connectivity index (χ4v) is 4.29. The second-order valence-electron chi connectivity index (χ2n) is 8.06. The lowest BCUT2D eigenvalue weighted by Crippen LogP contribution is -2.47. The molecule has 156 valence electrons. The van der Waals surface area contributed by atoms with E-state index < -0.39 is 0 Å². The third-order valence-electron chi connectivity index (χ3n) is 6.54. The Labute approximate surface area is 169 Å². The van der Waals surface area contributed by atoms with E-state index in [1.807, 2.05) is 7.05 Å². The Bertz CT molecular complexity index is 680. The van der Waals surface area contributed by atoms with Gasteiger partial charge >= 0.3 is 0 Å². The van der Waals surface area contributed by atoms with Crippen LogP contribution in [0.1, 0.15) is 43.7 Å². The molecule has 0 amide bonds. The summed E-state index contributed by atoms with van der Waals surface area (Å²) < 4.78 is 10.9. The molecule has 2 N–H and O–H groups in total. The van der Waals surface area contributed by atoms with E-state index in [0.29, 0.717) is 5.41 Å². The topological polar surface area (TPSA) is 58.1 Å². The highest BCUT2D eigenvalue weighted by Gasteiger charge is 2.34. The fourth-order valence-electron chi connectivity index (χ4n) is 4.29. The van der Waals surface area contributed by atoms with E-state index in [-0.39, 0.29) is 0 Å². The first-order valence-corrected chi connectivity index (χ1v) is 10.5. The van der Waals surface area contributed by atoms with Gasteiger partial charge in [0.2, 0.25) is 0 Å². The number of guanidine groups is 1. The van der Waals surface area contributed by atoms with Gasteiger partial charge in [-0.2, -0.15) is 0 Å². The van der Waals surface area contributed by atoms with Gasteiger partial charge in [-0.15, -0.1) is 0 Å². The molecule has 2 aliphatic rings. The number of nitrogens with zero attached hydrogens (tertiary/aromatic N) is 2. The summed E-state index contributed by atoms with van der Waals surface area (Å²) >= 11 is 0. The van der Waals surface area contributed by atoms with Gasteiger partial charge in [0, 0.05) is 39.8 Å². The van der Waals surface area contributed by atoms with Gasteiger partial charge in [0.25, 0.3) is 0 Å². The number of fused-ring (bicyclic) bond motifs is 1. The van der Waals surface area contributed by atoms with Crippen molar-refractivity contribution in [1.29, 1.82) is 0 Å². The van der Waals surface area contributed by atoms with Crippen LogP contribution in [0.4, 0.5) is 0 Å². The van der Waals surface area contributed by atoms with Crippen LogP contribution >= 0.6 is 0 Å². The van der Waals surface area contributed by atoms with Gasteiger partial charge in [-0.1, -0.05) is 13.3 Å². The smallest absolute Gasteiger partial charge is 0.191 e. The number of ether oxygens (including phenoxy) is 2. The number of hydrogen-bond donors (Lipinski definition) is 2. The van der Waals surface area contributed by atoms with Gasteiger partial charge in [-0.05, 0) is 54.4 Å². The van der Waals surface area contributed by atoms with Crippen molar-refractivity contribution in [3.8, 4) is 11.5 Å². The van der Waals surface area contributed by atoms with Crippen molar-refractivity contribution >= 4 is 5.96 Å². The van der Waals surface area contributed by atoms with Crippen LogP contribution in [0, 0.1) is 5.41 Å². The Morgan fingerprint density at radius 3 is 2.43 bits per heavy atom. The summed E-state index contributed by atoms with van der Waals surface area (Å²) in [5.41, 5.74) is 3.19. The molecule has 0 spiro atoms. The number of aliphatic imine (C=N–C) groups is 1. The minimum atomic E-state index is 0.494. The van der Waals surface area contributed by atoms with Gasteiger partial charge in [-0.25, -0.2) is 0 Å². The molecule has 1 fully saturated rings. The first-order chi connectivity index (χ1) is 13.6. The third-order valence-corrected chi connectivity index (χ3v) is 6.54. The van der Waals surface area contributed by atoms with Crippen LogP contribution in [0.25, 0.3) is 0 Å². The Hall–Kier alpha value is -1.95. The number of methoxy groups -OCH3 is 2. The minimum absolute atomic E-state index is 0.494. The third kappa shape index (κ3) is 4.72. The summed E-state index contributed by atoms with van der Waals surface area (Å²) in [4.78, 5) is 6.87. The van der Waals surface area contributed by atoms with Crippen molar-refractivity contribution in [2.45, 2.75) is 45.6 Å². The van der Waals surface area contributed by atoms with Crippen molar-refractivity contribution in [1.82, 2.24) is 15.5 Å². The number of benzene rings is 1. The Kier molecular flexibility index (Phi) is 7.05. The summed E-state index contributed by atoms with van der Waals surface area (Å²) in [6.07, 6.45) is 6.35. The lowest BCUT2D eigenvalue weighted by Gasteiger charge is -2.41. The lowest BCUT2D eigenvalue weighted by atomic mass is 9.67. The first kappa shape index (κ1) is 20.8. The van der Waals surface area contributed by atoms with Crippen LogP contribution < -0.4 is 20.1 Å². The molecule has 0 atom stereocenters. The summed E-state index contributed by atoms with van der Waals surface area (Å²) in [5, 5.41) is 7.01. The Balaban J connectivity index is 1.46. The van der Waals surface area contributed by atoms with Crippen LogP contribution in [0.3, 0.4) is 0 Å². The van der Waals surface area contributed by atoms with Gasteiger partial charge < -0.3 is 20.1 Å². The SMILES string of the molecule is CCC1(CNC(=NC)NCCN2CCc3cc(OC)c(OC)cc3C2)CCC1. The van der Waals surface area contributed by atoms with Crippen LogP contribution in [0.15, 0.2) is 17.1 Å². The zero-order valence-corrected chi connectivity index (χ0v) is 17.9. The molecule has 1 aromatic carbocycles. The van der Waals surface area contributed by atoms with Crippen molar-refractivity contribution in [3.63, 3.8) is 0 Å². The van der Waals surface area contributed by atoms with E-state index in [9.17, 15) is 0 Å². The second-order valence-corrected chi connectivity index (χ2v) is 8.06. The van der Waals surface area contributed by atoms with Gasteiger partial charge in [0.05, 0.1) is 14.2 Å². The van der Waals surface area contributed by atoms with E-state index in [1.54, 1.807) is 14.2 Å². The predicted molar refractivity (Wildman–Crippen MR) is 114 cm³/mol. The molecule has 0 unspecified atom stereocenters. The normalized spacial score (nSPS) is 18.8. The molecule has 28 heavy (non-hydrogen) atoms. The van der Waals surface area contributed by atoms with Crippen molar-refractivity contribution in [3.05, 3.63) is 23.3 Å². The molecule has 6 heteroatoms. The van der Waals surface area contributed by atoms with E-state index in [4.69, 9.17) is 9.47 Å². The number of nitrogens with one attached hydrogen (secondary N) is 2. The average Bonchev–Trinajstić information content (AvgIpc) is 2.70. The molecule has 1 heterocycles. The molecule has 1 aromatic rings. The second kappa shape index (κ2) is 9.50. The zero-order valence-electron chi connectivity index (χ0n) is 17.9. The molecule has 0 bridgehead atoms. The van der Waals surface area contributed by atoms with Gasteiger partial charge in [0.15, 0.2) is 17.5 Å². The maximum Gasteiger partial charge on any atom is 0.191 e. The van der Waals surface area contributed by atoms with Crippen LogP contribution in [-0.4, -0.2) is 58.3 Å². The highest BCUT2D eigenvalue weighted by atomic mass is 16.5. The lowest BCUT2D eigenvalue weighted by molar-refractivity contribution is 0.131. The standard InChI is InChI=1S/C22H36N4O2/c1-5-22(8-6-9-22)16-25-21(23-2)24-10-12-26-11-7-17-13-19(27-3)20(28-4)14-18(17)15-26/h13-14H,5-12,15-16H2,1-4H3,(H2,23,24,25). The van der Waals surface area contributed by atoms with Crippen LogP contribution in [0.2, 0.25) is 0 Å². The maximum atomic E-state index is 5.46. The largest absolute Gasteiger partial charge is 0.493 e. The highest BCUT2D eigenvalue weighted by molar-refractivity contribution is 5.79. The quantitative estimate of drug-likeness (QED) is 0.530. The number of hydrogen-bond acceptors (Lipinski definition) is 4. The molecule has 0 aromatic heterocycles. The van der Waals surface area contributed by atoms with E-state index in [2.05, 4.69) is 39.6 Å². The molecule has 0 saturated heterocycles.